The van der Waals surface area contributed by atoms with E-state index < -0.39 is 17.1 Å². The molecule has 0 aliphatic heterocycles. The fourth-order valence-corrected chi connectivity index (χ4v) is 6.67. The lowest BCUT2D eigenvalue weighted by Gasteiger charge is -2.17. The van der Waals surface area contributed by atoms with Crippen LogP contribution in [0.4, 0.5) is 10.8 Å². The molecule has 6 aromatic rings. The van der Waals surface area contributed by atoms with Crippen molar-refractivity contribution in [1.29, 1.82) is 0 Å². The number of aromatic nitrogens is 1. The Morgan fingerprint density at radius 2 is 1.58 bits per heavy atom. The van der Waals surface area contributed by atoms with Crippen molar-refractivity contribution in [3.63, 3.8) is 0 Å². The number of carbonyl (C=O) groups is 3. The van der Waals surface area contributed by atoms with E-state index in [2.05, 4.69) is 36.9 Å². The van der Waals surface area contributed by atoms with Crippen LogP contribution in [0.3, 0.4) is 0 Å². The number of nitrogens with zero attached hydrogens (tertiary/aromatic N) is 1. The molecular formula is C37H27BrN4O4S2. The number of thiazole rings is 1. The normalized spacial score (nSPS) is 11.8. The Balaban J connectivity index is 1.19. The number of hydrogen-bond acceptors (Lipinski definition) is 7. The summed E-state index contributed by atoms with van der Waals surface area (Å²) in [5, 5.41) is 10.3. The predicted molar refractivity (Wildman–Crippen MR) is 195 cm³/mol. The number of hydrogen-bond donors (Lipinski definition) is 3. The smallest absolute Gasteiger partial charge is 0.272 e. The first-order valence-electron chi connectivity index (χ1n) is 14.7. The van der Waals surface area contributed by atoms with E-state index in [0.717, 1.165) is 26.2 Å². The summed E-state index contributed by atoms with van der Waals surface area (Å²) < 4.78 is 6.37. The molecule has 0 aliphatic rings. The summed E-state index contributed by atoms with van der Waals surface area (Å²) in [5.74, 6) is -0.808. The molecule has 3 N–H and O–H groups in total. The van der Waals surface area contributed by atoms with Gasteiger partial charge in [-0.1, -0.05) is 82.7 Å². The number of thioether (sulfide) groups is 1. The predicted octanol–water partition coefficient (Wildman–Crippen LogP) is 9.05. The minimum Gasteiger partial charge on any atom is -0.465 e. The molecule has 0 saturated heterocycles. The molecule has 0 saturated carbocycles. The second-order valence-electron chi connectivity index (χ2n) is 10.3. The number of halogens is 1. The molecule has 6 rings (SSSR count). The van der Waals surface area contributed by atoms with Gasteiger partial charge in [0.05, 0.1) is 12.0 Å². The third-order valence-electron chi connectivity index (χ3n) is 6.92. The van der Waals surface area contributed by atoms with Gasteiger partial charge in [-0.05, 0) is 60.2 Å². The van der Waals surface area contributed by atoms with Crippen LogP contribution in [-0.2, 0) is 9.59 Å². The van der Waals surface area contributed by atoms with Crippen molar-refractivity contribution in [2.75, 3.05) is 10.6 Å². The maximum absolute atomic E-state index is 13.7. The van der Waals surface area contributed by atoms with Crippen LogP contribution in [-0.4, -0.2) is 22.7 Å². The van der Waals surface area contributed by atoms with E-state index in [1.807, 2.05) is 66.0 Å². The van der Waals surface area contributed by atoms with Gasteiger partial charge >= 0.3 is 0 Å². The Hall–Kier alpha value is -5.23. The van der Waals surface area contributed by atoms with Gasteiger partial charge in [-0.2, -0.15) is 0 Å². The monoisotopic (exact) mass is 734 g/mol. The van der Waals surface area contributed by atoms with Gasteiger partial charge in [0, 0.05) is 37.6 Å². The van der Waals surface area contributed by atoms with E-state index >= 15 is 0 Å². The third-order valence-corrected chi connectivity index (χ3v) is 9.45. The molecule has 0 aliphatic carbocycles. The van der Waals surface area contributed by atoms with E-state index in [1.165, 1.54) is 35.4 Å². The molecule has 48 heavy (non-hydrogen) atoms. The van der Waals surface area contributed by atoms with Crippen molar-refractivity contribution < 1.29 is 18.8 Å². The molecule has 3 amide bonds. The summed E-state index contributed by atoms with van der Waals surface area (Å²) in [5.41, 5.74) is 3.42. The van der Waals surface area contributed by atoms with Crippen LogP contribution < -0.4 is 16.0 Å². The quantitative estimate of drug-likeness (QED) is 0.0905. The molecule has 2 aromatic heterocycles. The standard InChI is InChI=1S/C37H27BrN4O4S2/c38-27-18-16-24(17-19-27)32-23-47-37(41-32)42-36(45)33(25-9-3-1-4-10-25)48-30-15-7-13-28(21-30)39-35(44)31(22-29-14-8-20-46-29)40-34(43)26-11-5-2-6-12-26/h1-23,33H,(H,39,44)(H,40,43)(H,41,42,45)/b31-22-. The number of rotatable bonds is 11. The van der Waals surface area contributed by atoms with Gasteiger partial charge in [-0.3, -0.25) is 14.4 Å². The fourth-order valence-electron chi connectivity index (χ4n) is 4.60. The van der Waals surface area contributed by atoms with Crippen molar-refractivity contribution in [3.05, 3.63) is 160 Å². The van der Waals surface area contributed by atoms with Crippen LogP contribution >= 0.6 is 39.0 Å². The lowest BCUT2D eigenvalue weighted by atomic mass is 10.1. The van der Waals surface area contributed by atoms with Gasteiger partial charge in [-0.15, -0.1) is 23.1 Å². The van der Waals surface area contributed by atoms with Crippen molar-refractivity contribution >= 4 is 73.6 Å². The summed E-state index contributed by atoms with van der Waals surface area (Å²) >= 11 is 6.15. The molecule has 4 aromatic carbocycles. The number of amides is 3. The Kier molecular flexibility index (Phi) is 10.6. The van der Waals surface area contributed by atoms with E-state index in [9.17, 15) is 14.4 Å². The summed E-state index contributed by atoms with van der Waals surface area (Å²) in [6, 6.07) is 36.5. The highest BCUT2D eigenvalue weighted by molar-refractivity contribution is 9.10. The van der Waals surface area contributed by atoms with E-state index in [4.69, 9.17) is 4.42 Å². The maximum Gasteiger partial charge on any atom is 0.272 e. The first kappa shape index (κ1) is 32.7. The number of benzene rings is 4. The molecule has 0 fully saturated rings. The van der Waals surface area contributed by atoms with E-state index in [1.54, 1.807) is 60.7 Å². The van der Waals surface area contributed by atoms with Crippen LogP contribution in [0.25, 0.3) is 17.3 Å². The highest BCUT2D eigenvalue weighted by Crippen LogP contribution is 2.38. The van der Waals surface area contributed by atoms with Crippen molar-refractivity contribution in [2.45, 2.75) is 10.1 Å². The van der Waals surface area contributed by atoms with Gasteiger partial charge in [-0.25, -0.2) is 4.98 Å². The lowest BCUT2D eigenvalue weighted by molar-refractivity contribution is -0.116. The third kappa shape index (κ3) is 8.56. The minimum atomic E-state index is -0.614. The van der Waals surface area contributed by atoms with Crippen LogP contribution in [0, 0.1) is 0 Å². The van der Waals surface area contributed by atoms with E-state index in [-0.39, 0.29) is 11.6 Å². The average Bonchev–Trinajstić information content (AvgIpc) is 3.81. The zero-order valence-corrected chi connectivity index (χ0v) is 28.4. The molecule has 0 bridgehead atoms. The van der Waals surface area contributed by atoms with Crippen molar-refractivity contribution in [2.24, 2.45) is 0 Å². The van der Waals surface area contributed by atoms with Gasteiger partial charge in [0.15, 0.2) is 5.13 Å². The van der Waals surface area contributed by atoms with Gasteiger partial charge < -0.3 is 20.4 Å². The first-order chi connectivity index (χ1) is 23.4. The average molecular weight is 736 g/mol. The van der Waals surface area contributed by atoms with Gasteiger partial charge in [0.25, 0.3) is 11.8 Å². The van der Waals surface area contributed by atoms with Crippen LogP contribution in [0.1, 0.15) is 26.9 Å². The Morgan fingerprint density at radius 1 is 0.833 bits per heavy atom. The molecule has 8 nitrogen and oxygen atoms in total. The second-order valence-corrected chi connectivity index (χ2v) is 13.3. The van der Waals surface area contributed by atoms with Crippen LogP contribution in [0.15, 0.2) is 152 Å². The van der Waals surface area contributed by atoms with Gasteiger partial charge in [0.1, 0.15) is 16.7 Å². The second kappa shape index (κ2) is 15.6. The Morgan fingerprint density at radius 3 is 2.31 bits per heavy atom. The van der Waals surface area contributed by atoms with Crippen molar-refractivity contribution in [1.82, 2.24) is 10.3 Å². The number of nitrogens with one attached hydrogen (secondary N) is 3. The molecule has 0 spiro atoms. The molecule has 0 radical (unpaired) electrons. The van der Waals surface area contributed by atoms with Crippen LogP contribution in [0.5, 0.6) is 0 Å². The zero-order valence-electron chi connectivity index (χ0n) is 25.1. The molecule has 2 heterocycles. The summed E-state index contributed by atoms with van der Waals surface area (Å²) in [7, 11) is 0. The minimum absolute atomic E-state index is 0.00403. The van der Waals surface area contributed by atoms with E-state index in [0.29, 0.717) is 22.1 Å². The summed E-state index contributed by atoms with van der Waals surface area (Å²) in [6.45, 7) is 0. The highest BCUT2D eigenvalue weighted by atomic mass is 79.9. The molecular weight excluding hydrogens is 708 g/mol. The summed E-state index contributed by atoms with van der Waals surface area (Å²) in [6.07, 6.45) is 2.95. The molecule has 1 unspecified atom stereocenters. The Labute approximate surface area is 293 Å². The lowest BCUT2D eigenvalue weighted by Crippen LogP contribution is -2.30. The largest absolute Gasteiger partial charge is 0.465 e. The zero-order chi connectivity index (χ0) is 33.3. The number of carbonyl (C=O) groups excluding carboxylic acids is 3. The first-order valence-corrected chi connectivity index (χ1v) is 17.2. The number of furan rings is 1. The number of anilines is 2. The summed E-state index contributed by atoms with van der Waals surface area (Å²) in [4.78, 5) is 45.5. The van der Waals surface area contributed by atoms with Crippen LogP contribution in [0.2, 0.25) is 0 Å². The topological polar surface area (TPSA) is 113 Å². The fraction of sp³-hybridized carbons (Fsp3) is 0.0270. The van der Waals surface area contributed by atoms with Crippen molar-refractivity contribution in [3.8, 4) is 11.3 Å². The maximum atomic E-state index is 13.7. The van der Waals surface area contributed by atoms with Gasteiger partial charge in [0.2, 0.25) is 5.91 Å². The molecule has 1 atom stereocenters. The SMILES string of the molecule is O=C(Nc1cccc(SC(C(=O)Nc2nc(-c3ccc(Br)cc3)cs2)c2ccccc2)c1)/C(=C/c1ccco1)NC(=O)c1ccccc1. The molecule has 238 valence electrons. The Bertz CT molecular complexity index is 2050. The molecule has 11 heteroatoms. The highest BCUT2D eigenvalue weighted by Gasteiger charge is 2.24.